The number of nitrogens with zero attached hydrogens (tertiary/aromatic N) is 3. The van der Waals surface area contributed by atoms with Gasteiger partial charge in [-0.1, -0.05) is 29.8 Å². The molecule has 2 rings (SSSR count). The van der Waals surface area contributed by atoms with Crippen molar-refractivity contribution in [1.82, 2.24) is 14.7 Å². The summed E-state index contributed by atoms with van der Waals surface area (Å²) in [4.78, 5) is 14.2. The first kappa shape index (κ1) is 16.2. The predicted molar refractivity (Wildman–Crippen MR) is 85.7 cm³/mol. The van der Waals surface area contributed by atoms with Gasteiger partial charge in [-0.2, -0.15) is 5.10 Å². The maximum Gasteiger partial charge on any atom is 0.272 e. The van der Waals surface area contributed by atoms with Crippen LogP contribution in [-0.2, 0) is 7.05 Å². The van der Waals surface area contributed by atoms with Crippen molar-refractivity contribution in [1.29, 1.82) is 0 Å². The lowest BCUT2D eigenvalue weighted by atomic mass is 10.1. The van der Waals surface area contributed by atoms with E-state index in [9.17, 15) is 9.90 Å². The number of carbonyl (C=O) groups excluding carboxylic acids is 1. The lowest BCUT2D eigenvalue weighted by molar-refractivity contribution is 0.0624. The van der Waals surface area contributed by atoms with Gasteiger partial charge >= 0.3 is 0 Å². The number of likely N-dealkylation sites (N-methyl/N-ethyl adjacent to an activating group) is 1. The summed E-state index contributed by atoms with van der Waals surface area (Å²) >= 11 is 0. The van der Waals surface area contributed by atoms with Gasteiger partial charge in [-0.25, -0.2) is 0 Å². The summed E-state index contributed by atoms with van der Waals surface area (Å²) in [5.41, 5.74) is 3.30. The van der Waals surface area contributed by atoms with Crippen LogP contribution in [-0.4, -0.2) is 38.8 Å². The monoisotopic (exact) mass is 301 g/mol. The quantitative estimate of drug-likeness (QED) is 0.921. The second kappa shape index (κ2) is 6.75. The molecule has 2 aromatic rings. The minimum atomic E-state index is -0.696. The Kier molecular flexibility index (Phi) is 4.98. The highest BCUT2D eigenvalue weighted by molar-refractivity contribution is 5.92. The molecular weight excluding hydrogens is 278 g/mol. The highest BCUT2D eigenvalue weighted by atomic mass is 16.3. The van der Waals surface area contributed by atoms with Gasteiger partial charge in [0.15, 0.2) is 0 Å². The minimum absolute atomic E-state index is 0.114. The van der Waals surface area contributed by atoms with E-state index in [1.54, 1.807) is 22.7 Å². The Morgan fingerprint density at radius 2 is 1.95 bits per heavy atom. The van der Waals surface area contributed by atoms with Gasteiger partial charge in [0, 0.05) is 13.6 Å². The first-order valence-corrected chi connectivity index (χ1v) is 7.47. The fourth-order valence-corrected chi connectivity index (χ4v) is 2.43. The molecule has 5 heteroatoms. The van der Waals surface area contributed by atoms with Crippen LogP contribution in [0.4, 0.5) is 0 Å². The summed E-state index contributed by atoms with van der Waals surface area (Å²) in [6.07, 6.45) is -0.696. The number of benzene rings is 1. The van der Waals surface area contributed by atoms with Crippen molar-refractivity contribution in [2.75, 3.05) is 13.1 Å². The van der Waals surface area contributed by atoms with Crippen molar-refractivity contribution >= 4 is 5.91 Å². The molecule has 1 amide bonds. The van der Waals surface area contributed by atoms with Crippen molar-refractivity contribution in [2.24, 2.45) is 7.05 Å². The van der Waals surface area contributed by atoms with Crippen LogP contribution in [0, 0.1) is 13.8 Å². The zero-order valence-corrected chi connectivity index (χ0v) is 13.6. The summed E-state index contributed by atoms with van der Waals surface area (Å²) in [7, 11) is 1.75. The highest BCUT2D eigenvalue weighted by Gasteiger charge is 2.21. The molecule has 0 bridgehead atoms. The molecule has 1 atom stereocenters. The smallest absolute Gasteiger partial charge is 0.272 e. The Bertz CT molecular complexity index is 646. The van der Waals surface area contributed by atoms with E-state index in [0.29, 0.717) is 12.2 Å². The molecule has 0 aliphatic rings. The zero-order chi connectivity index (χ0) is 16.3. The molecule has 0 aliphatic heterocycles. The van der Waals surface area contributed by atoms with E-state index in [-0.39, 0.29) is 12.5 Å². The van der Waals surface area contributed by atoms with E-state index >= 15 is 0 Å². The fourth-order valence-electron chi connectivity index (χ4n) is 2.43. The number of hydrogen-bond acceptors (Lipinski definition) is 3. The molecule has 118 valence electrons. The third kappa shape index (κ3) is 3.54. The fraction of sp³-hybridized carbons (Fsp3) is 0.412. The number of carbonyl (C=O) groups is 1. The van der Waals surface area contributed by atoms with E-state index in [0.717, 1.165) is 16.8 Å². The van der Waals surface area contributed by atoms with Gasteiger partial charge in [-0.3, -0.25) is 9.48 Å². The van der Waals surface area contributed by atoms with Gasteiger partial charge in [0.05, 0.1) is 18.3 Å². The number of aromatic nitrogens is 2. The molecule has 0 saturated heterocycles. The summed E-state index contributed by atoms with van der Waals surface area (Å²) in [5, 5.41) is 14.6. The normalized spacial score (nSPS) is 12.2. The van der Waals surface area contributed by atoms with Gasteiger partial charge in [-0.05, 0) is 32.4 Å². The Morgan fingerprint density at radius 1 is 1.32 bits per heavy atom. The molecule has 0 saturated carbocycles. The third-order valence-electron chi connectivity index (χ3n) is 3.75. The number of aliphatic hydroxyl groups excluding tert-OH is 1. The predicted octanol–water partition coefficient (Wildman–Crippen LogP) is 2.23. The Hall–Kier alpha value is -2.14. The van der Waals surface area contributed by atoms with Crippen molar-refractivity contribution < 1.29 is 9.90 Å². The van der Waals surface area contributed by atoms with Gasteiger partial charge in [0.2, 0.25) is 0 Å². The number of rotatable bonds is 5. The molecular formula is C17H23N3O2. The van der Waals surface area contributed by atoms with Crippen molar-refractivity contribution in [2.45, 2.75) is 26.9 Å². The molecule has 1 unspecified atom stereocenters. The second-order valence-electron chi connectivity index (χ2n) is 5.56. The van der Waals surface area contributed by atoms with E-state index in [1.165, 1.54) is 0 Å². The summed E-state index contributed by atoms with van der Waals surface area (Å²) in [6, 6.07) is 9.48. The number of hydrogen-bond donors (Lipinski definition) is 1. The average Bonchev–Trinajstić information content (AvgIpc) is 2.83. The number of aliphatic hydroxyl groups is 1. The van der Waals surface area contributed by atoms with Crippen molar-refractivity contribution in [3.05, 3.63) is 52.8 Å². The zero-order valence-electron chi connectivity index (χ0n) is 13.6. The van der Waals surface area contributed by atoms with Crippen LogP contribution < -0.4 is 0 Å². The number of amides is 1. The average molecular weight is 301 g/mol. The van der Waals surface area contributed by atoms with Crippen molar-refractivity contribution in [3.63, 3.8) is 0 Å². The highest BCUT2D eigenvalue weighted by Crippen LogP contribution is 2.16. The van der Waals surface area contributed by atoms with Crippen LogP contribution in [0.3, 0.4) is 0 Å². The Morgan fingerprint density at radius 3 is 2.45 bits per heavy atom. The molecule has 1 aromatic carbocycles. The lowest BCUT2D eigenvalue weighted by Crippen LogP contribution is -2.35. The van der Waals surface area contributed by atoms with Gasteiger partial charge in [0.25, 0.3) is 5.91 Å². The van der Waals surface area contributed by atoms with Crippen LogP contribution in [0.1, 0.15) is 40.3 Å². The molecule has 1 aromatic heterocycles. The maximum atomic E-state index is 12.6. The minimum Gasteiger partial charge on any atom is -0.387 e. The molecule has 0 spiro atoms. The first-order valence-electron chi connectivity index (χ1n) is 7.47. The third-order valence-corrected chi connectivity index (χ3v) is 3.75. The van der Waals surface area contributed by atoms with Crippen LogP contribution in [0.2, 0.25) is 0 Å². The van der Waals surface area contributed by atoms with Crippen LogP contribution in [0.25, 0.3) is 0 Å². The largest absolute Gasteiger partial charge is 0.387 e. The molecule has 22 heavy (non-hydrogen) atoms. The standard InChI is InChI=1S/C17H23N3O2/c1-5-20(17(22)15-10-13(3)18-19(15)4)11-16(21)14-8-6-12(2)7-9-14/h6-10,16,21H,5,11H2,1-4H3. The molecule has 1 heterocycles. The number of aryl methyl sites for hydroxylation is 3. The molecule has 0 radical (unpaired) electrons. The summed E-state index contributed by atoms with van der Waals surface area (Å²) < 4.78 is 1.58. The summed E-state index contributed by atoms with van der Waals surface area (Å²) in [6.45, 7) is 6.56. The molecule has 1 N–H and O–H groups in total. The molecule has 5 nitrogen and oxygen atoms in total. The van der Waals surface area contributed by atoms with Crippen LogP contribution >= 0.6 is 0 Å². The van der Waals surface area contributed by atoms with Gasteiger partial charge in [0.1, 0.15) is 5.69 Å². The molecule has 0 aliphatic carbocycles. The summed E-state index contributed by atoms with van der Waals surface area (Å²) in [5.74, 6) is -0.114. The Labute approximate surface area is 131 Å². The van der Waals surface area contributed by atoms with Gasteiger partial charge < -0.3 is 10.0 Å². The first-order chi connectivity index (χ1) is 10.4. The van der Waals surface area contributed by atoms with E-state index in [4.69, 9.17) is 0 Å². The maximum absolute atomic E-state index is 12.6. The Balaban J connectivity index is 2.13. The topological polar surface area (TPSA) is 58.4 Å². The molecule has 0 fully saturated rings. The van der Waals surface area contributed by atoms with Crippen LogP contribution in [0.15, 0.2) is 30.3 Å². The van der Waals surface area contributed by atoms with Crippen molar-refractivity contribution in [3.8, 4) is 0 Å². The van der Waals surface area contributed by atoms with Crippen LogP contribution in [0.5, 0.6) is 0 Å². The van der Waals surface area contributed by atoms with Gasteiger partial charge in [-0.15, -0.1) is 0 Å². The second-order valence-corrected chi connectivity index (χ2v) is 5.56. The van der Waals surface area contributed by atoms with E-state index in [1.807, 2.05) is 45.0 Å². The van der Waals surface area contributed by atoms with E-state index < -0.39 is 6.10 Å². The van der Waals surface area contributed by atoms with E-state index in [2.05, 4.69) is 5.10 Å². The SMILES string of the molecule is CCN(CC(O)c1ccc(C)cc1)C(=O)c1cc(C)nn1C. The lowest BCUT2D eigenvalue weighted by Gasteiger charge is -2.24.